The number of aromatic nitrogens is 2. The number of piperidine rings is 1. The fourth-order valence-corrected chi connectivity index (χ4v) is 2.91. The summed E-state index contributed by atoms with van der Waals surface area (Å²) in [6, 6.07) is 5.30. The van der Waals surface area contributed by atoms with Gasteiger partial charge in [-0.15, -0.1) is 0 Å². The molecular weight excluding hydrogens is 306 g/mol. The van der Waals surface area contributed by atoms with Crippen molar-refractivity contribution in [2.24, 2.45) is 0 Å². The highest BCUT2D eigenvalue weighted by atomic mass is 16.3. The molecule has 7 nitrogen and oxygen atoms in total. The van der Waals surface area contributed by atoms with Crippen molar-refractivity contribution in [3.63, 3.8) is 0 Å². The van der Waals surface area contributed by atoms with Gasteiger partial charge >= 0.3 is 6.03 Å². The molecular formula is C17H23N5O2. The first-order chi connectivity index (χ1) is 11.6. The van der Waals surface area contributed by atoms with E-state index in [1.54, 1.807) is 18.5 Å². The number of urea groups is 1. The summed E-state index contributed by atoms with van der Waals surface area (Å²) in [5.74, 6) is 2.30. The number of rotatable bonds is 4. The highest BCUT2D eigenvalue weighted by Gasteiger charge is 2.23. The maximum Gasteiger partial charge on any atom is 0.315 e. The zero-order chi connectivity index (χ0) is 16.9. The standard InChI is InChI=1S/C17H23N5O2/c1-12-6-7-15(24-12)13(2)20-17(23)21-14-5-3-10-22(11-14)16-18-8-4-9-19-16/h4,6-9,13-14H,3,5,10-11H2,1-2H3,(H2,20,21,23)/t13-,14+/m0/s1. The molecule has 3 heterocycles. The average Bonchev–Trinajstić information content (AvgIpc) is 3.02. The van der Waals surface area contributed by atoms with E-state index < -0.39 is 0 Å². The zero-order valence-electron chi connectivity index (χ0n) is 14.0. The molecule has 2 atom stereocenters. The lowest BCUT2D eigenvalue weighted by atomic mass is 10.1. The maximum absolute atomic E-state index is 12.2. The normalized spacial score (nSPS) is 18.9. The smallest absolute Gasteiger partial charge is 0.315 e. The minimum absolute atomic E-state index is 0.0769. The summed E-state index contributed by atoms with van der Waals surface area (Å²) >= 11 is 0. The van der Waals surface area contributed by atoms with Gasteiger partial charge in [0.05, 0.1) is 6.04 Å². The molecule has 2 amide bonds. The number of carbonyl (C=O) groups is 1. The summed E-state index contributed by atoms with van der Waals surface area (Å²) in [6.45, 7) is 5.42. The van der Waals surface area contributed by atoms with Gasteiger partial charge in [0, 0.05) is 31.5 Å². The number of aryl methyl sites for hydroxylation is 1. The van der Waals surface area contributed by atoms with Crippen LogP contribution in [0.25, 0.3) is 0 Å². The van der Waals surface area contributed by atoms with Crippen LogP contribution >= 0.6 is 0 Å². The predicted molar refractivity (Wildman–Crippen MR) is 90.8 cm³/mol. The van der Waals surface area contributed by atoms with Crippen molar-refractivity contribution in [2.75, 3.05) is 18.0 Å². The van der Waals surface area contributed by atoms with Crippen LogP contribution in [0.2, 0.25) is 0 Å². The number of nitrogens with one attached hydrogen (secondary N) is 2. The van der Waals surface area contributed by atoms with E-state index in [0.29, 0.717) is 12.5 Å². The molecule has 0 aromatic carbocycles. The van der Waals surface area contributed by atoms with E-state index in [1.165, 1.54) is 0 Å². The molecule has 0 unspecified atom stereocenters. The molecule has 1 aliphatic rings. The van der Waals surface area contributed by atoms with Gasteiger partial charge in [0.15, 0.2) is 0 Å². The number of amides is 2. The molecule has 24 heavy (non-hydrogen) atoms. The first-order valence-electron chi connectivity index (χ1n) is 8.27. The molecule has 0 aliphatic carbocycles. The van der Waals surface area contributed by atoms with Crippen LogP contribution in [0.5, 0.6) is 0 Å². The van der Waals surface area contributed by atoms with Gasteiger partial charge < -0.3 is 20.0 Å². The van der Waals surface area contributed by atoms with Crippen molar-refractivity contribution in [2.45, 2.75) is 38.8 Å². The molecule has 1 fully saturated rings. The number of hydrogen-bond donors (Lipinski definition) is 2. The van der Waals surface area contributed by atoms with Crippen LogP contribution in [0.3, 0.4) is 0 Å². The first-order valence-corrected chi connectivity index (χ1v) is 8.27. The molecule has 7 heteroatoms. The van der Waals surface area contributed by atoms with Crippen LogP contribution in [0.15, 0.2) is 35.0 Å². The Morgan fingerprint density at radius 1 is 1.38 bits per heavy atom. The number of nitrogens with zero attached hydrogens (tertiary/aromatic N) is 3. The van der Waals surface area contributed by atoms with Crippen LogP contribution in [0, 0.1) is 6.92 Å². The Morgan fingerprint density at radius 2 is 2.17 bits per heavy atom. The van der Waals surface area contributed by atoms with Crippen LogP contribution in [0.4, 0.5) is 10.7 Å². The van der Waals surface area contributed by atoms with Crippen LogP contribution in [-0.4, -0.2) is 35.1 Å². The second-order valence-corrected chi connectivity index (χ2v) is 6.12. The fourth-order valence-electron chi connectivity index (χ4n) is 2.91. The minimum Gasteiger partial charge on any atom is -0.464 e. The van der Waals surface area contributed by atoms with E-state index in [9.17, 15) is 4.79 Å². The fraction of sp³-hybridized carbons (Fsp3) is 0.471. The molecule has 2 N–H and O–H groups in total. The van der Waals surface area contributed by atoms with Gasteiger partial charge in [-0.05, 0) is 44.9 Å². The molecule has 0 radical (unpaired) electrons. The monoisotopic (exact) mass is 329 g/mol. The average molecular weight is 329 g/mol. The third-order valence-electron chi connectivity index (χ3n) is 4.13. The summed E-state index contributed by atoms with van der Waals surface area (Å²) in [7, 11) is 0. The van der Waals surface area contributed by atoms with Gasteiger partial charge in [0.25, 0.3) is 0 Å². The topological polar surface area (TPSA) is 83.3 Å². The largest absolute Gasteiger partial charge is 0.464 e. The SMILES string of the molecule is Cc1ccc([C@H](C)NC(=O)N[C@@H]2CCCN(c3ncccn3)C2)o1. The van der Waals surface area contributed by atoms with Crippen LogP contribution < -0.4 is 15.5 Å². The first kappa shape index (κ1) is 16.3. The zero-order valence-corrected chi connectivity index (χ0v) is 14.0. The second-order valence-electron chi connectivity index (χ2n) is 6.12. The molecule has 2 aromatic rings. The van der Waals surface area contributed by atoms with E-state index in [-0.39, 0.29) is 18.1 Å². The van der Waals surface area contributed by atoms with Crippen LogP contribution in [0.1, 0.15) is 37.3 Å². The van der Waals surface area contributed by atoms with Gasteiger partial charge in [-0.25, -0.2) is 14.8 Å². The second kappa shape index (κ2) is 7.33. The number of furan rings is 1. The minimum atomic E-state index is -0.183. The molecule has 1 saturated heterocycles. The summed E-state index contributed by atoms with van der Waals surface area (Å²) in [5.41, 5.74) is 0. The molecule has 0 bridgehead atoms. The van der Waals surface area contributed by atoms with Gasteiger partial charge in [-0.2, -0.15) is 0 Å². The quantitative estimate of drug-likeness (QED) is 0.900. The Bertz CT molecular complexity index is 673. The number of carbonyl (C=O) groups excluding carboxylic acids is 1. The summed E-state index contributed by atoms with van der Waals surface area (Å²) in [6.07, 6.45) is 5.42. The Labute approximate surface area is 141 Å². The lowest BCUT2D eigenvalue weighted by molar-refractivity contribution is 0.230. The highest BCUT2D eigenvalue weighted by Crippen LogP contribution is 2.17. The molecule has 1 aliphatic heterocycles. The third kappa shape index (κ3) is 4.04. The van der Waals surface area contributed by atoms with Gasteiger partial charge in [0.2, 0.25) is 5.95 Å². The highest BCUT2D eigenvalue weighted by molar-refractivity contribution is 5.74. The lowest BCUT2D eigenvalue weighted by Crippen LogP contribution is -2.51. The summed E-state index contributed by atoms with van der Waals surface area (Å²) < 4.78 is 5.54. The summed E-state index contributed by atoms with van der Waals surface area (Å²) in [5, 5.41) is 5.95. The predicted octanol–water partition coefficient (Wildman–Crippen LogP) is 2.41. The third-order valence-corrected chi connectivity index (χ3v) is 4.13. The molecule has 128 valence electrons. The Morgan fingerprint density at radius 3 is 2.88 bits per heavy atom. The van der Waals surface area contributed by atoms with Crippen molar-refractivity contribution >= 4 is 12.0 Å². The Hall–Kier alpha value is -2.57. The van der Waals surface area contributed by atoms with Gasteiger partial charge in [-0.3, -0.25) is 0 Å². The van der Waals surface area contributed by atoms with E-state index in [0.717, 1.165) is 30.9 Å². The molecule has 0 saturated carbocycles. The van der Waals surface area contributed by atoms with E-state index >= 15 is 0 Å². The molecule has 0 spiro atoms. The number of hydrogen-bond acceptors (Lipinski definition) is 5. The molecule has 2 aromatic heterocycles. The van der Waals surface area contributed by atoms with Crippen molar-refractivity contribution in [3.8, 4) is 0 Å². The lowest BCUT2D eigenvalue weighted by Gasteiger charge is -2.33. The van der Waals surface area contributed by atoms with E-state index in [4.69, 9.17) is 4.42 Å². The van der Waals surface area contributed by atoms with E-state index in [2.05, 4.69) is 25.5 Å². The van der Waals surface area contributed by atoms with Crippen molar-refractivity contribution in [1.29, 1.82) is 0 Å². The summed E-state index contributed by atoms with van der Waals surface area (Å²) in [4.78, 5) is 22.9. The van der Waals surface area contributed by atoms with Gasteiger partial charge in [0.1, 0.15) is 11.5 Å². The van der Waals surface area contributed by atoms with Crippen molar-refractivity contribution < 1.29 is 9.21 Å². The number of anilines is 1. The maximum atomic E-state index is 12.2. The van der Waals surface area contributed by atoms with Crippen LogP contribution in [-0.2, 0) is 0 Å². The van der Waals surface area contributed by atoms with E-state index in [1.807, 2.05) is 26.0 Å². The van der Waals surface area contributed by atoms with Gasteiger partial charge in [-0.1, -0.05) is 0 Å². The Balaban J connectivity index is 1.52. The van der Waals surface area contributed by atoms with Crippen molar-refractivity contribution in [1.82, 2.24) is 20.6 Å². The Kier molecular flexibility index (Phi) is 4.98. The van der Waals surface area contributed by atoms with Crippen molar-refractivity contribution in [3.05, 3.63) is 42.1 Å². The molecule has 3 rings (SSSR count).